The second kappa shape index (κ2) is 5.25. The number of carbonyl (C=O) groups excluding carboxylic acids is 1. The number of rotatable bonds is 3. The van der Waals surface area contributed by atoms with Crippen molar-refractivity contribution in [2.24, 2.45) is 0 Å². The van der Waals surface area contributed by atoms with E-state index >= 15 is 0 Å². The number of carboxylic acid groups (broad SMARTS) is 1. The minimum atomic E-state index is -1.20. The number of carbonyl (C=O) groups is 2. The van der Waals surface area contributed by atoms with Crippen molar-refractivity contribution in [3.8, 4) is 0 Å². The van der Waals surface area contributed by atoms with Gasteiger partial charge in [-0.2, -0.15) is 0 Å². The highest BCUT2D eigenvalue weighted by Crippen LogP contribution is 2.30. The molecule has 1 aliphatic heterocycles. The summed E-state index contributed by atoms with van der Waals surface area (Å²) in [5.74, 6) is -1.53. The van der Waals surface area contributed by atoms with Gasteiger partial charge in [0, 0.05) is 19.2 Å². The zero-order valence-corrected chi connectivity index (χ0v) is 10.6. The fourth-order valence-electron chi connectivity index (χ4n) is 2.11. The fraction of sp³-hybridized carbons (Fsp3) is 0.333. The Morgan fingerprint density at radius 2 is 2.05 bits per heavy atom. The molecule has 2 atom stereocenters. The second-order valence-corrected chi connectivity index (χ2v) is 4.37. The van der Waals surface area contributed by atoms with Crippen molar-refractivity contribution in [1.29, 1.82) is 0 Å². The third kappa shape index (κ3) is 2.45. The monoisotopic (exact) mass is 280 g/mol. The molecule has 2 rings (SSSR count). The van der Waals surface area contributed by atoms with E-state index in [0.29, 0.717) is 5.56 Å². The van der Waals surface area contributed by atoms with Gasteiger partial charge in [0.1, 0.15) is 6.61 Å². The van der Waals surface area contributed by atoms with Gasteiger partial charge in [-0.15, -0.1) is 0 Å². The number of ether oxygens (including phenoxy) is 1. The Balaban J connectivity index is 2.36. The van der Waals surface area contributed by atoms with Crippen LogP contribution in [0.4, 0.5) is 5.69 Å². The molecule has 106 valence electrons. The molecule has 1 heterocycles. The van der Waals surface area contributed by atoms with Crippen molar-refractivity contribution in [2.75, 3.05) is 13.7 Å². The third-order valence-electron chi connectivity index (χ3n) is 3.17. The first-order valence-corrected chi connectivity index (χ1v) is 5.76. The van der Waals surface area contributed by atoms with Gasteiger partial charge in [0.15, 0.2) is 6.10 Å². The number of carboxylic acids is 1. The maximum absolute atomic E-state index is 11.6. The van der Waals surface area contributed by atoms with Crippen molar-refractivity contribution >= 4 is 17.6 Å². The Bertz CT molecular complexity index is 556. The maximum atomic E-state index is 11.6. The van der Waals surface area contributed by atoms with Crippen LogP contribution in [0.2, 0.25) is 0 Å². The van der Waals surface area contributed by atoms with Crippen LogP contribution in [0.25, 0.3) is 0 Å². The number of nitro groups is 1. The first-order valence-electron chi connectivity index (χ1n) is 5.76. The van der Waals surface area contributed by atoms with E-state index in [9.17, 15) is 19.7 Å². The number of benzene rings is 1. The van der Waals surface area contributed by atoms with E-state index in [-0.39, 0.29) is 18.2 Å². The Hall–Kier alpha value is -2.48. The lowest BCUT2D eigenvalue weighted by atomic mass is 9.98. The molecule has 1 aromatic rings. The van der Waals surface area contributed by atoms with Crippen LogP contribution in [0.1, 0.15) is 11.6 Å². The molecule has 2 unspecified atom stereocenters. The largest absolute Gasteiger partial charge is 0.479 e. The average Bonchev–Trinajstić information content (AvgIpc) is 2.41. The number of likely N-dealkylation sites (N-methyl/N-ethyl adjacent to an activating group) is 1. The Labute approximate surface area is 113 Å². The highest BCUT2D eigenvalue weighted by atomic mass is 16.6. The Morgan fingerprint density at radius 3 is 2.55 bits per heavy atom. The van der Waals surface area contributed by atoms with Gasteiger partial charge in [0.05, 0.1) is 11.0 Å². The molecule has 1 aliphatic rings. The predicted octanol–water partition coefficient (Wildman–Crippen LogP) is 0.578. The number of hydrogen-bond acceptors (Lipinski definition) is 5. The van der Waals surface area contributed by atoms with Crippen LogP contribution in [0.5, 0.6) is 0 Å². The molecule has 1 saturated heterocycles. The van der Waals surface area contributed by atoms with Crippen LogP contribution < -0.4 is 0 Å². The van der Waals surface area contributed by atoms with Gasteiger partial charge < -0.3 is 14.7 Å². The van der Waals surface area contributed by atoms with Crippen molar-refractivity contribution in [2.45, 2.75) is 12.1 Å². The van der Waals surface area contributed by atoms with Gasteiger partial charge in [-0.3, -0.25) is 14.9 Å². The molecular weight excluding hydrogens is 268 g/mol. The summed E-state index contributed by atoms with van der Waals surface area (Å²) in [4.78, 5) is 34.1. The van der Waals surface area contributed by atoms with Crippen molar-refractivity contribution in [3.63, 3.8) is 0 Å². The lowest BCUT2D eigenvalue weighted by molar-refractivity contribution is -0.384. The van der Waals surface area contributed by atoms with E-state index in [2.05, 4.69) is 0 Å². The first kappa shape index (κ1) is 13.9. The summed E-state index contributed by atoms with van der Waals surface area (Å²) in [6, 6.07) is 4.58. The average molecular weight is 280 g/mol. The predicted molar refractivity (Wildman–Crippen MR) is 66.0 cm³/mol. The molecule has 1 N–H and O–H groups in total. The summed E-state index contributed by atoms with van der Waals surface area (Å²) in [6.07, 6.45) is -1.20. The molecule has 0 aromatic heterocycles. The quantitative estimate of drug-likeness (QED) is 0.640. The minimum Gasteiger partial charge on any atom is -0.479 e. The summed E-state index contributed by atoms with van der Waals surface area (Å²) < 4.78 is 5.04. The van der Waals surface area contributed by atoms with E-state index in [4.69, 9.17) is 9.84 Å². The van der Waals surface area contributed by atoms with Gasteiger partial charge in [-0.1, -0.05) is 12.1 Å². The third-order valence-corrected chi connectivity index (χ3v) is 3.17. The number of aliphatic carboxylic acids is 1. The van der Waals surface area contributed by atoms with Gasteiger partial charge in [-0.25, -0.2) is 4.79 Å². The number of amides is 1. The molecule has 0 saturated carbocycles. The molecule has 0 aliphatic carbocycles. The van der Waals surface area contributed by atoms with E-state index in [0.717, 1.165) is 0 Å². The molecule has 0 bridgehead atoms. The summed E-state index contributed by atoms with van der Waals surface area (Å²) >= 11 is 0. The van der Waals surface area contributed by atoms with Gasteiger partial charge >= 0.3 is 5.97 Å². The van der Waals surface area contributed by atoms with Crippen molar-refractivity contribution < 1.29 is 24.4 Å². The SMILES string of the molecule is CN1C(=O)COC(C(=O)O)C1c1ccc([N+](=O)[O-])cc1. The molecule has 1 aromatic carbocycles. The van der Waals surface area contributed by atoms with E-state index in [1.807, 2.05) is 0 Å². The van der Waals surface area contributed by atoms with Gasteiger partial charge in [0.2, 0.25) is 5.91 Å². The minimum absolute atomic E-state index is 0.105. The highest BCUT2D eigenvalue weighted by molar-refractivity contribution is 5.82. The zero-order valence-electron chi connectivity index (χ0n) is 10.6. The maximum Gasteiger partial charge on any atom is 0.335 e. The Kier molecular flexibility index (Phi) is 3.66. The van der Waals surface area contributed by atoms with Gasteiger partial charge in [-0.05, 0) is 5.56 Å². The van der Waals surface area contributed by atoms with E-state index < -0.39 is 23.0 Å². The summed E-state index contributed by atoms with van der Waals surface area (Å²) in [6.45, 7) is -0.295. The lowest BCUT2D eigenvalue weighted by Crippen LogP contribution is -2.50. The second-order valence-electron chi connectivity index (χ2n) is 4.37. The first-order chi connectivity index (χ1) is 9.41. The molecule has 1 amide bonds. The van der Waals surface area contributed by atoms with E-state index in [1.165, 1.54) is 36.2 Å². The molecule has 8 nitrogen and oxygen atoms in total. The van der Waals surface area contributed by atoms with Crippen molar-refractivity contribution in [1.82, 2.24) is 4.90 Å². The van der Waals surface area contributed by atoms with Crippen LogP contribution in [0, 0.1) is 10.1 Å². The fourth-order valence-corrected chi connectivity index (χ4v) is 2.11. The number of hydrogen-bond donors (Lipinski definition) is 1. The number of nitro benzene ring substituents is 1. The smallest absolute Gasteiger partial charge is 0.335 e. The highest BCUT2D eigenvalue weighted by Gasteiger charge is 2.40. The van der Waals surface area contributed by atoms with Crippen LogP contribution in [0.15, 0.2) is 24.3 Å². The molecular formula is C12H12N2O6. The van der Waals surface area contributed by atoms with E-state index in [1.54, 1.807) is 0 Å². The summed E-state index contributed by atoms with van der Waals surface area (Å²) in [5, 5.41) is 19.7. The molecule has 1 fully saturated rings. The lowest BCUT2D eigenvalue weighted by Gasteiger charge is -2.36. The zero-order chi connectivity index (χ0) is 14.9. The number of morpholine rings is 1. The topological polar surface area (TPSA) is 110 Å². The van der Waals surface area contributed by atoms with Crippen LogP contribution in [-0.4, -0.2) is 46.6 Å². The molecule has 20 heavy (non-hydrogen) atoms. The standard InChI is InChI=1S/C12H12N2O6/c1-13-9(15)6-20-11(12(16)17)10(13)7-2-4-8(5-3-7)14(18)19/h2-5,10-11H,6H2,1H3,(H,16,17). The Morgan fingerprint density at radius 1 is 1.45 bits per heavy atom. The van der Waals surface area contributed by atoms with Gasteiger partial charge in [0.25, 0.3) is 5.69 Å². The van der Waals surface area contributed by atoms with Crippen LogP contribution >= 0.6 is 0 Å². The van der Waals surface area contributed by atoms with Crippen LogP contribution in [0.3, 0.4) is 0 Å². The molecule has 0 radical (unpaired) electrons. The normalized spacial score (nSPS) is 22.6. The molecule has 8 heteroatoms. The number of non-ortho nitro benzene ring substituents is 1. The number of nitrogens with zero attached hydrogens (tertiary/aromatic N) is 2. The summed E-state index contributed by atoms with van der Waals surface area (Å²) in [7, 11) is 1.48. The van der Waals surface area contributed by atoms with Crippen molar-refractivity contribution in [3.05, 3.63) is 39.9 Å². The molecule has 0 spiro atoms. The summed E-state index contributed by atoms with van der Waals surface area (Å²) in [5.41, 5.74) is 0.366. The van der Waals surface area contributed by atoms with Crippen LogP contribution in [-0.2, 0) is 14.3 Å².